The van der Waals surface area contributed by atoms with Crippen molar-refractivity contribution in [2.24, 2.45) is 0 Å². The van der Waals surface area contributed by atoms with E-state index in [0.717, 1.165) is 15.0 Å². The van der Waals surface area contributed by atoms with Crippen molar-refractivity contribution in [3.63, 3.8) is 0 Å². The van der Waals surface area contributed by atoms with E-state index < -0.39 is 0 Å². The number of pyridine rings is 1. The summed E-state index contributed by atoms with van der Waals surface area (Å²) in [6.45, 7) is 0.606. The van der Waals surface area contributed by atoms with Crippen molar-refractivity contribution in [3.05, 3.63) is 50.6 Å². The van der Waals surface area contributed by atoms with Gasteiger partial charge in [0.05, 0.1) is 17.4 Å². The number of hydrogen-bond donors (Lipinski definition) is 0. The molecule has 0 aliphatic heterocycles. The molecular formula is C11H8N2OS2. The first-order valence-electron chi connectivity index (χ1n) is 4.78. The van der Waals surface area contributed by atoms with Gasteiger partial charge in [0.25, 0.3) is 5.56 Å². The lowest BCUT2D eigenvalue weighted by molar-refractivity contribution is 0.778. The molecule has 0 aromatic carbocycles. The Morgan fingerprint density at radius 3 is 3.06 bits per heavy atom. The van der Waals surface area contributed by atoms with Crippen molar-refractivity contribution in [1.29, 1.82) is 0 Å². The monoisotopic (exact) mass is 248 g/mol. The van der Waals surface area contributed by atoms with Gasteiger partial charge in [0.1, 0.15) is 0 Å². The Morgan fingerprint density at radius 2 is 2.25 bits per heavy atom. The first-order valence-corrected chi connectivity index (χ1v) is 6.54. The van der Waals surface area contributed by atoms with Gasteiger partial charge in [-0.3, -0.25) is 9.78 Å². The molecule has 3 nitrogen and oxygen atoms in total. The van der Waals surface area contributed by atoms with Crippen LogP contribution in [0.25, 0.3) is 10.1 Å². The summed E-state index contributed by atoms with van der Waals surface area (Å²) in [4.78, 5) is 17.2. The average molecular weight is 248 g/mol. The van der Waals surface area contributed by atoms with Crippen molar-refractivity contribution in [2.45, 2.75) is 6.54 Å². The van der Waals surface area contributed by atoms with Crippen LogP contribution in [-0.2, 0) is 6.54 Å². The minimum Gasteiger partial charge on any atom is -0.310 e. The largest absolute Gasteiger partial charge is 0.310 e. The molecule has 0 saturated heterocycles. The van der Waals surface area contributed by atoms with Crippen LogP contribution in [0.5, 0.6) is 0 Å². The fourth-order valence-corrected chi connectivity index (χ4v) is 2.98. The SMILES string of the molecule is O=c1c2ccsc2ccn1Cc1cncs1. The Hall–Kier alpha value is -1.46. The zero-order valence-corrected chi connectivity index (χ0v) is 9.92. The van der Waals surface area contributed by atoms with Gasteiger partial charge in [0.2, 0.25) is 0 Å². The molecule has 0 spiro atoms. The summed E-state index contributed by atoms with van der Waals surface area (Å²) in [7, 11) is 0. The smallest absolute Gasteiger partial charge is 0.259 e. The van der Waals surface area contributed by atoms with Crippen LogP contribution in [0.15, 0.2) is 40.2 Å². The molecule has 5 heteroatoms. The Kier molecular flexibility index (Phi) is 2.34. The lowest BCUT2D eigenvalue weighted by Gasteiger charge is -2.02. The normalized spacial score (nSPS) is 11.0. The molecule has 0 N–H and O–H groups in total. The van der Waals surface area contributed by atoms with Crippen LogP contribution < -0.4 is 5.56 Å². The Morgan fingerprint density at radius 1 is 1.31 bits per heavy atom. The average Bonchev–Trinajstić information content (AvgIpc) is 2.93. The summed E-state index contributed by atoms with van der Waals surface area (Å²) >= 11 is 3.16. The third-order valence-corrected chi connectivity index (χ3v) is 4.05. The van der Waals surface area contributed by atoms with E-state index >= 15 is 0 Å². The molecule has 3 aromatic heterocycles. The maximum atomic E-state index is 12.1. The third-order valence-electron chi connectivity index (χ3n) is 2.40. The van der Waals surface area contributed by atoms with Gasteiger partial charge in [-0.2, -0.15) is 0 Å². The van der Waals surface area contributed by atoms with E-state index in [1.165, 1.54) is 0 Å². The van der Waals surface area contributed by atoms with Crippen LogP contribution in [0.1, 0.15) is 4.88 Å². The second-order valence-electron chi connectivity index (χ2n) is 3.42. The van der Waals surface area contributed by atoms with Gasteiger partial charge in [-0.05, 0) is 17.5 Å². The number of thiazole rings is 1. The van der Waals surface area contributed by atoms with E-state index in [4.69, 9.17) is 0 Å². The summed E-state index contributed by atoms with van der Waals surface area (Å²) in [5, 5.41) is 2.75. The Balaban J connectivity index is 2.10. The maximum absolute atomic E-state index is 12.1. The Labute approximate surface area is 99.6 Å². The van der Waals surface area contributed by atoms with Gasteiger partial charge in [-0.1, -0.05) is 0 Å². The van der Waals surface area contributed by atoms with E-state index in [2.05, 4.69) is 4.98 Å². The van der Waals surface area contributed by atoms with Crippen molar-refractivity contribution >= 4 is 32.8 Å². The number of rotatable bonds is 2. The lowest BCUT2D eigenvalue weighted by Crippen LogP contribution is -2.18. The molecular weight excluding hydrogens is 240 g/mol. The van der Waals surface area contributed by atoms with Crippen LogP contribution >= 0.6 is 22.7 Å². The van der Waals surface area contributed by atoms with Crippen molar-refractivity contribution in [1.82, 2.24) is 9.55 Å². The second-order valence-corrected chi connectivity index (χ2v) is 5.33. The van der Waals surface area contributed by atoms with Crippen LogP contribution in [-0.4, -0.2) is 9.55 Å². The standard InChI is InChI=1S/C11H8N2OS2/c14-11-9-2-4-15-10(9)1-3-13(11)6-8-5-12-7-16-8/h1-5,7H,6H2. The molecule has 0 fully saturated rings. The number of thiophene rings is 1. The summed E-state index contributed by atoms with van der Waals surface area (Å²) in [5.74, 6) is 0. The van der Waals surface area contributed by atoms with Crippen LogP contribution in [0.4, 0.5) is 0 Å². The van der Waals surface area contributed by atoms with E-state index in [1.807, 2.05) is 23.7 Å². The van der Waals surface area contributed by atoms with Gasteiger partial charge in [-0.15, -0.1) is 22.7 Å². The van der Waals surface area contributed by atoms with Gasteiger partial charge in [-0.25, -0.2) is 0 Å². The van der Waals surface area contributed by atoms with Gasteiger partial charge in [0, 0.05) is 22.0 Å². The van der Waals surface area contributed by atoms with Crippen LogP contribution in [0.3, 0.4) is 0 Å². The zero-order valence-electron chi connectivity index (χ0n) is 8.29. The highest BCUT2D eigenvalue weighted by Crippen LogP contribution is 2.16. The fourth-order valence-electron chi connectivity index (χ4n) is 1.62. The minimum atomic E-state index is 0.0761. The molecule has 0 aliphatic rings. The second kappa shape index (κ2) is 3.84. The Bertz CT molecular complexity index is 667. The summed E-state index contributed by atoms with van der Waals surface area (Å²) in [6, 6.07) is 3.87. The molecule has 0 saturated carbocycles. The highest BCUT2D eigenvalue weighted by molar-refractivity contribution is 7.17. The van der Waals surface area contributed by atoms with Crippen LogP contribution in [0, 0.1) is 0 Å². The minimum absolute atomic E-state index is 0.0761. The fraction of sp³-hybridized carbons (Fsp3) is 0.0909. The molecule has 80 valence electrons. The van der Waals surface area contributed by atoms with Crippen LogP contribution in [0.2, 0.25) is 0 Å². The molecule has 0 bridgehead atoms. The van der Waals surface area contributed by atoms with Crippen molar-refractivity contribution in [3.8, 4) is 0 Å². The van der Waals surface area contributed by atoms with E-state index in [-0.39, 0.29) is 5.56 Å². The maximum Gasteiger partial charge on any atom is 0.259 e. The predicted octanol–water partition coefficient (Wildman–Crippen LogP) is 2.57. The molecule has 3 aromatic rings. The quantitative estimate of drug-likeness (QED) is 0.698. The van der Waals surface area contributed by atoms with Gasteiger partial charge < -0.3 is 4.57 Å². The number of hydrogen-bond acceptors (Lipinski definition) is 4. The molecule has 0 radical (unpaired) electrons. The first kappa shape index (κ1) is 9.74. The number of aromatic nitrogens is 2. The zero-order chi connectivity index (χ0) is 11.0. The van der Waals surface area contributed by atoms with E-state index in [1.54, 1.807) is 38.9 Å². The molecule has 3 heterocycles. The molecule has 3 rings (SSSR count). The van der Waals surface area contributed by atoms with E-state index in [9.17, 15) is 4.79 Å². The third kappa shape index (κ3) is 1.58. The predicted molar refractivity (Wildman–Crippen MR) is 67.3 cm³/mol. The molecule has 0 aliphatic carbocycles. The lowest BCUT2D eigenvalue weighted by atomic mass is 10.3. The summed E-state index contributed by atoms with van der Waals surface area (Å²) in [5.41, 5.74) is 1.86. The highest BCUT2D eigenvalue weighted by atomic mass is 32.1. The highest BCUT2D eigenvalue weighted by Gasteiger charge is 2.04. The summed E-state index contributed by atoms with van der Waals surface area (Å²) in [6.07, 6.45) is 3.65. The molecule has 0 amide bonds. The van der Waals surface area contributed by atoms with Gasteiger partial charge >= 0.3 is 0 Å². The summed E-state index contributed by atoms with van der Waals surface area (Å²) < 4.78 is 2.77. The van der Waals surface area contributed by atoms with Crippen molar-refractivity contribution in [2.75, 3.05) is 0 Å². The molecule has 0 atom stereocenters. The topological polar surface area (TPSA) is 34.9 Å². The van der Waals surface area contributed by atoms with E-state index in [0.29, 0.717) is 6.54 Å². The number of nitrogens with zero attached hydrogens (tertiary/aromatic N) is 2. The number of fused-ring (bicyclic) bond motifs is 1. The van der Waals surface area contributed by atoms with Crippen molar-refractivity contribution < 1.29 is 0 Å². The van der Waals surface area contributed by atoms with Gasteiger partial charge in [0.15, 0.2) is 0 Å². The molecule has 0 unspecified atom stereocenters. The first-order chi connectivity index (χ1) is 7.84. The molecule has 16 heavy (non-hydrogen) atoms.